The third-order valence-electron chi connectivity index (χ3n) is 2.59. The molecule has 0 aromatic heterocycles. The standard InChI is InChI=1S/C10H18FNO2/c1-10(2,11)9(14)12-7-5-3-4-6-8(7)13/h7-8,13H,3-6H2,1-2H3,(H,12,14). The molecule has 0 heterocycles. The van der Waals surface area contributed by atoms with Crippen LogP contribution in [0.25, 0.3) is 0 Å². The zero-order chi connectivity index (χ0) is 10.8. The number of amides is 1. The van der Waals surface area contributed by atoms with E-state index in [1.165, 1.54) is 13.8 Å². The first kappa shape index (κ1) is 11.4. The van der Waals surface area contributed by atoms with Crippen molar-refractivity contribution in [2.75, 3.05) is 0 Å². The maximum absolute atomic E-state index is 13.2. The van der Waals surface area contributed by atoms with E-state index >= 15 is 0 Å². The van der Waals surface area contributed by atoms with E-state index in [9.17, 15) is 14.3 Å². The Hall–Kier alpha value is -0.640. The van der Waals surface area contributed by atoms with Gasteiger partial charge in [-0.3, -0.25) is 4.79 Å². The number of hydrogen-bond donors (Lipinski definition) is 2. The first-order chi connectivity index (χ1) is 6.41. The SMILES string of the molecule is CC(C)(F)C(=O)NC1CCCCC1O. The third kappa shape index (κ3) is 2.94. The highest BCUT2D eigenvalue weighted by atomic mass is 19.1. The Morgan fingerprint density at radius 2 is 2.00 bits per heavy atom. The minimum absolute atomic E-state index is 0.272. The van der Waals surface area contributed by atoms with Gasteiger partial charge >= 0.3 is 0 Å². The maximum Gasteiger partial charge on any atom is 0.257 e. The molecular weight excluding hydrogens is 185 g/mol. The first-order valence-electron chi connectivity index (χ1n) is 5.09. The van der Waals surface area contributed by atoms with Gasteiger partial charge in [0.2, 0.25) is 0 Å². The van der Waals surface area contributed by atoms with Crippen LogP contribution in [-0.2, 0) is 4.79 Å². The molecule has 2 N–H and O–H groups in total. The van der Waals surface area contributed by atoms with Crippen LogP contribution in [0.1, 0.15) is 39.5 Å². The molecule has 0 radical (unpaired) electrons. The summed E-state index contributed by atoms with van der Waals surface area (Å²) in [6.07, 6.45) is 2.87. The number of aliphatic hydroxyl groups is 1. The smallest absolute Gasteiger partial charge is 0.257 e. The van der Waals surface area contributed by atoms with Crippen molar-refractivity contribution in [3.05, 3.63) is 0 Å². The summed E-state index contributed by atoms with van der Waals surface area (Å²) < 4.78 is 13.2. The number of halogens is 1. The fraction of sp³-hybridized carbons (Fsp3) is 0.900. The first-order valence-corrected chi connectivity index (χ1v) is 5.09. The lowest BCUT2D eigenvalue weighted by Gasteiger charge is -2.29. The lowest BCUT2D eigenvalue weighted by Crippen LogP contribution is -2.50. The summed E-state index contributed by atoms with van der Waals surface area (Å²) in [7, 11) is 0. The zero-order valence-corrected chi connectivity index (χ0v) is 8.72. The van der Waals surface area contributed by atoms with Crippen LogP contribution >= 0.6 is 0 Å². The lowest BCUT2D eigenvalue weighted by atomic mass is 9.92. The Labute approximate surface area is 83.7 Å². The molecule has 1 fully saturated rings. The van der Waals surface area contributed by atoms with E-state index in [1.807, 2.05) is 0 Å². The summed E-state index contributed by atoms with van der Waals surface area (Å²) in [6.45, 7) is 2.44. The van der Waals surface area contributed by atoms with Crippen LogP contribution in [0.2, 0.25) is 0 Å². The number of carbonyl (C=O) groups is 1. The fourth-order valence-electron chi connectivity index (χ4n) is 1.62. The molecule has 1 rings (SSSR count). The average Bonchev–Trinajstić information content (AvgIpc) is 2.07. The van der Waals surface area contributed by atoms with Gasteiger partial charge in [0.1, 0.15) is 0 Å². The summed E-state index contributed by atoms with van der Waals surface area (Å²) in [5, 5.41) is 12.1. The second-order valence-corrected chi connectivity index (χ2v) is 4.40. The van der Waals surface area contributed by atoms with Crippen LogP contribution in [0.3, 0.4) is 0 Å². The molecule has 82 valence electrons. The van der Waals surface area contributed by atoms with Gasteiger partial charge in [0, 0.05) is 0 Å². The molecule has 0 aromatic rings. The van der Waals surface area contributed by atoms with Gasteiger partial charge in [0.05, 0.1) is 12.1 Å². The topological polar surface area (TPSA) is 49.3 Å². The molecule has 0 bridgehead atoms. The number of alkyl halides is 1. The number of carbonyl (C=O) groups excluding carboxylic acids is 1. The van der Waals surface area contributed by atoms with Crippen LogP contribution < -0.4 is 5.32 Å². The highest BCUT2D eigenvalue weighted by molar-refractivity contribution is 5.84. The highest BCUT2D eigenvalue weighted by Gasteiger charge is 2.31. The summed E-state index contributed by atoms with van der Waals surface area (Å²) in [5.41, 5.74) is -1.86. The minimum atomic E-state index is -1.86. The van der Waals surface area contributed by atoms with Crippen LogP contribution in [0, 0.1) is 0 Å². The van der Waals surface area contributed by atoms with Crippen molar-refractivity contribution in [2.24, 2.45) is 0 Å². The van der Waals surface area contributed by atoms with E-state index in [2.05, 4.69) is 5.32 Å². The molecule has 1 aliphatic carbocycles. The van der Waals surface area contributed by atoms with E-state index in [0.717, 1.165) is 19.3 Å². The molecule has 1 saturated carbocycles. The maximum atomic E-state index is 13.2. The lowest BCUT2D eigenvalue weighted by molar-refractivity contribution is -0.132. The molecule has 1 amide bonds. The van der Waals surface area contributed by atoms with Gasteiger partial charge in [0.15, 0.2) is 5.67 Å². The van der Waals surface area contributed by atoms with Crippen LogP contribution in [0.15, 0.2) is 0 Å². The van der Waals surface area contributed by atoms with E-state index in [0.29, 0.717) is 6.42 Å². The molecule has 14 heavy (non-hydrogen) atoms. The molecule has 3 nitrogen and oxygen atoms in total. The van der Waals surface area contributed by atoms with Gasteiger partial charge in [-0.1, -0.05) is 12.8 Å². The zero-order valence-electron chi connectivity index (χ0n) is 8.72. The monoisotopic (exact) mass is 203 g/mol. The van der Waals surface area contributed by atoms with E-state index in [4.69, 9.17) is 0 Å². The molecule has 1 aliphatic rings. The third-order valence-corrected chi connectivity index (χ3v) is 2.59. The molecular formula is C10H18FNO2. The van der Waals surface area contributed by atoms with E-state index in [1.54, 1.807) is 0 Å². The number of hydrogen-bond acceptors (Lipinski definition) is 2. The fourth-order valence-corrected chi connectivity index (χ4v) is 1.62. The van der Waals surface area contributed by atoms with Crippen LogP contribution in [-0.4, -0.2) is 28.8 Å². The Kier molecular flexibility index (Phi) is 3.48. The molecule has 2 atom stereocenters. The van der Waals surface area contributed by atoms with E-state index < -0.39 is 17.7 Å². The van der Waals surface area contributed by atoms with Gasteiger partial charge in [-0.25, -0.2) is 4.39 Å². The van der Waals surface area contributed by atoms with Gasteiger partial charge in [-0.15, -0.1) is 0 Å². The van der Waals surface area contributed by atoms with Crippen LogP contribution in [0.5, 0.6) is 0 Å². The Balaban J connectivity index is 2.46. The molecule has 0 aliphatic heterocycles. The van der Waals surface area contributed by atoms with Crippen molar-refractivity contribution >= 4 is 5.91 Å². The molecule has 0 spiro atoms. The van der Waals surface area contributed by atoms with Crippen molar-refractivity contribution < 1.29 is 14.3 Å². The molecule has 2 unspecified atom stereocenters. The highest BCUT2D eigenvalue weighted by Crippen LogP contribution is 2.19. The summed E-state index contributed by atoms with van der Waals surface area (Å²) in [6, 6.07) is -0.272. The van der Waals surface area contributed by atoms with Gasteiger partial charge < -0.3 is 10.4 Å². The van der Waals surface area contributed by atoms with Gasteiger partial charge in [0.25, 0.3) is 5.91 Å². The predicted molar refractivity (Wildman–Crippen MR) is 51.6 cm³/mol. The summed E-state index contributed by atoms with van der Waals surface area (Å²) in [5.74, 6) is -0.636. The van der Waals surface area contributed by atoms with Gasteiger partial charge in [-0.05, 0) is 26.7 Å². The van der Waals surface area contributed by atoms with Crippen molar-refractivity contribution in [3.63, 3.8) is 0 Å². The predicted octanol–water partition coefficient (Wildman–Crippen LogP) is 1.15. The van der Waals surface area contributed by atoms with Crippen LogP contribution in [0.4, 0.5) is 4.39 Å². The molecule has 4 heteroatoms. The number of rotatable bonds is 2. The second-order valence-electron chi connectivity index (χ2n) is 4.40. The minimum Gasteiger partial charge on any atom is -0.391 e. The Morgan fingerprint density at radius 3 is 2.50 bits per heavy atom. The Bertz CT molecular complexity index is 213. The molecule has 0 aromatic carbocycles. The second kappa shape index (κ2) is 4.26. The number of nitrogens with one attached hydrogen (secondary N) is 1. The van der Waals surface area contributed by atoms with Gasteiger partial charge in [-0.2, -0.15) is 0 Å². The van der Waals surface area contributed by atoms with Crippen molar-refractivity contribution in [3.8, 4) is 0 Å². The quantitative estimate of drug-likeness (QED) is 0.707. The largest absolute Gasteiger partial charge is 0.391 e. The van der Waals surface area contributed by atoms with Crippen molar-refractivity contribution in [2.45, 2.75) is 57.3 Å². The van der Waals surface area contributed by atoms with E-state index in [-0.39, 0.29) is 6.04 Å². The summed E-state index contributed by atoms with van der Waals surface area (Å²) >= 11 is 0. The normalized spacial score (nSPS) is 28.6. The number of aliphatic hydroxyl groups excluding tert-OH is 1. The molecule has 0 saturated heterocycles. The van der Waals surface area contributed by atoms with Crippen molar-refractivity contribution in [1.29, 1.82) is 0 Å². The summed E-state index contributed by atoms with van der Waals surface area (Å²) in [4.78, 5) is 11.3. The van der Waals surface area contributed by atoms with Crippen molar-refractivity contribution in [1.82, 2.24) is 5.32 Å². The average molecular weight is 203 g/mol. The Morgan fingerprint density at radius 1 is 1.43 bits per heavy atom.